The number of carbonyl (C=O) groups excluding carboxylic acids is 2. The zero-order valence-corrected chi connectivity index (χ0v) is 16.5. The molecule has 0 fully saturated rings. The highest BCUT2D eigenvalue weighted by atomic mass is 32.2. The number of thioether (sulfide) groups is 1. The van der Waals surface area contributed by atoms with Gasteiger partial charge in [0.1, 0.15) is 18.1 Å². The van der Waals surface area contributed by atoms with Crippen LogP contribution < -0.4 is 20.3 Å². The minimum atomic E-state index is -0.564. The molecule has 0 radical (unpaired) electrons. The van der Waals surface area contributed by atoms with Crippen LogP contribution in [0.1, 0.15) is 10.4 Å². The Balaban J connectivity index is 1.54. The van der Waals surface area contributed by atoms with E-state index in [1.807, 2.05) is 30.3 Å². The van der Waals surface area contributed by atoms with Gasteiger partial charge in [0.2, 0.25) is 0 Å². The van der Waals surface area contributed by atoms with E-state index in [-0.39, 0.29) is 12.5 Å². The van der Waals surface area contributed by atoms with Crippen LogP contribution in [0.15, 0.2) is 65.6 Å². The summed E-state index contributed by atoms with van der Waals surface area (Å²) in [5, 5.41) is 12.7. The minimum absolute atomic E-state index is 0.238. The van der Waals surface area contributed by atoms with Gasteiger partial charge in [0.05, 0.1) is 19.2 Å². The lowest BCUT2D eigenvalue weighted by Gasteiger charge is -2.12. The van der Waals surface area contributed by atoms with Crippen LogP contribution >= 0.6 is 11.8 Å². The van der Waals surface area contributed by atoms with Crippen molar-refractivity contribution in [1.29, 1.82) is 0 Å². The predicted molar refractivity (Wildman–Crippen MR) is 111 cm³/mol. The van der Waals surface area contributed by atoms with Gasteiger partial charge in [0, 0.05) is 10.3 Å². The first kappa shape index (κ1) is 20.5. The van der Waals surface area contributed by atoms with Crippen molar-refractivity contribution in [2.45, 2.75) is 4.90 Å². The first-order valence-electron chi connectivity index (χ1n) is 8.81. The van der Waals surface area contributed by atoms with Gasteiger partial charge in [0.25, 0.3) is 5.91 Å². The number of nitrogens with one attached hydrogen (secondary N) is 2. The first-order valence-corrected chi connectivity index (χ1v) is 9.62. The largest absolute Gasteiger partial charge is 0.495 e. The number of hydrogen-bond acceptors (Lipinski definition) is 6. The fourth-order valence-electron chi connectivity index (χ4n) is 2.80. The summed E-state index contributed by atoms with van der Waals surface area (Å²) < 4.78 is 11.1. The summed E-state index contributed by atoms with van der Waals surface area (Å²) in [5.41, 5.74) is 2.02. The van der Waals surface area contributed by atoms with Crippen LogP contribution in [-0.4, -0.2) is 36.6 Å². The van der Waals surface area contributed by atoms with E-state index >= 15 is 0 Å². The number of rotatable bonds is 7. The zero-order chi connectivity index (χ0) is 20.6. The Kier molecular flexibility index (Phi) is 6.94. The van der Waals surface area contributed by atoms with E-state index in [9.17, 15) is 9.59 Å². The molecule has 0 aliphatic carbocycles. The van der Waals surface area contributed by atoms with Gasteiger partial charge in [-0.25, -0.2) is 5.48 Å². The standard InChI is InChI=1S/C21H20N2O5S/c1-27-19-17-5-3-2-4-14(17)6-11-18(19)20(24)22-12-13-28-15-7-9-16(10-8-15)29-21(25)23-26/h2-11,26H,12-13H2,1H3,(H,22,24)(H,23,25). The van der Waals surface area contributed by atoms with Crippen molar-refractivity contribution in [2.24, 2.45) is 0 Å². The van der Waals surface area contributed by atoms with Crippen LogP contribution in [0.3, 0.4) is 0 Å². The van der Waals surface area contributed by atoms with Gasteiger partial charge in [-0.1, -0.05) is 30.3 Å². The van der Waals surface area contributed by atoms with Crippen LogP contribution in [0.2, 0.25) is 0 Å². The topological polar surface area (TPSA) is 96.9 Å². The van der Waals surface area contributed by atoms with E-state index in [1.54, 1.807) is 42.9 Å². The Bertz CT molecular complexity index is 1010. The number of hydroxylamine groups is 1. The molecule has 3 N–H and O–H groups in total. The molecule has 0 unspecified atom stereocenters. The minimum Gasteiger partial charge on any atom is -0.495 e. The Labute approximate surface area is 172 Å². The third kappa shape index (κ3) is 5.18. The molecule has 8 heteroatoms. The van der Waals surface area contributed by atoms with Crippen molar-refractivity contribution in [3.63, 3.8) is 0 Å². The van der Waals surface area contributed by atoms with E-state index in [1.165, 1.54) is 0 Å². The molecule has 0 aromatic heterocycles. The van der Waals surface area contributed by atoms with Crippen LogP contribution in [0.25, 0.3) is 10.8 Å². The third-order valence-corrected chi connectivity index (χ3v) is 4.89. The number of methoxy groups -OCH3 is 1. The average Bonchev–Trinajstić information content (AvgIpc) is 2.76. The lowest BCUT2D eigenvalue weighted by Crippen LogP contribution is -2.28. The lowest BCUT2D eigenvalue weighted by molar-refractivity contribution is 0.0944. The second-order valence-electron chi connectivity index (χ2n) is 5.94. The van der Waals surface area contributed by atoms with Crippen LogP contribution in [0.5, 0.6) is 11.5 Å². The summed E-state index contributed by atoms with van der Waals surface area (Å²) in [7, 11) is 1.55. The van der Waals surface area contributed by atoms with Crippen LogP contribution in [0, 0.1) is 0 Å². The van der Waals surface area contributed by atoms with E-state index in [4.69, 9.17) is 14.7 Å². The Morgan fingerprint density at radius 3 is 2.52 bits per heavy atom. The SMILES string of the molecule is COc1c(C(=O)NCCOc2ccc(SC(=O)NO)cc2)ccc2ccccc12. The average molecular weight is 412 g/mol. The molecule has 150 valence electrons. The molecule has 0 saturated carbocycles. The van der Waals surface area contributed by atoms with Gasteiger partial charge >= 0.3 is 5.24 Å². The number of amides is 2. The molecule has 0 atom stereocenters. The molecule has 3 rings (SSSR count). The molecule has 0 aliphatic heterocycles. The third-order valence-electron chi connectivity index (χ3n) is 4.11. The molecule has 0 bridgehead atoms. The molecule has 0 saturated heterocycles. The number of carbonyl (C=O) groups is 2. The molecule has 3 aromatic carbocycles. The van der Waals surface area contributed by atoms with Gasteiger partial charge < -0.3 is 14.8 Å². The van der Waals surface area contributed by atoms with Crippen molar-refractivity contribution >= 4 is 33.7 Å². The van der Waals surface area contributed by atoms with Gasteiger partial charge in [-0.2, -0.15) is 0 Å². The summed E-state index contributed by atoms with van der Waals surface area (Å²) >= 11 is 0.862. The highest BCUT2D eigenvalue weighted by molar-refractivity contribution is 8.13. The fourth-order valence-corrected chi connectivity index (χ4v) is 3.34. The molecule has 0 aliphatic rings. The van der Waals surface area contributed by atoms with Gasteiger partial charge in [-0.15, -0.1) is 0 Å². The summed E-state index contributed by atoms with van der Waals surface area (Å²) in [5.74, 6) is 0.913. The number of ether oxygens (including phenoxy) is 2. The maximum Gasteiger partial charge on any atom is 0.307 e. The normalized spacial score (nSPS) is 10.4. The number of benzene rings is 3. The smallest absolute Gasteiger partial charge is 0.307 e. The molecule has 0 spiro atoms. The van der Waals surface area contributed by atoms with E-state index in [0.717, 1.165) is 22.5 Å². The molecule has 0 heterocycles. The van der Waals surface area contributed by atoms with Crippen molar-refractivity contribution in [3.05, 3.63) is 66.2 Å². The molecule has 3 aromatic rings. The van der Waals surface area contributed by atoms with Crippen molar-refractivity contribution in [2.75, 3.05) is 20.3 Å². The fraction of sp³-hybridized carbons (Fsp3) is 0.143. The highest BCUT2D eigenvalue weighted by Gasteiger charge is 2.14. The van der Waals surface area contributed by atoms with Crippen molar-refractivity contribution in [1.82, 2.24) is 10.8 Å². The van der Waals surface area contributed by atoms with Crippen LogP contribution in [-0.2, 0) is 0 Å². The van der Waals surface area contributed by atoms with Crippen molar-refractivity contribution < 1.29 is 24.3 Å². The monoisotopic (exact) mass is 412 g/mol. The van der Waals surface area contributed by atoms with E-state index in [0.29, 0.717) is 28.5 Å². The first-order chi connectivity index (χ1) is 14.1. The maximum atomic E-state index is 12.5. The Morgan fingerprint density at radius 2 is 1.79 bits per heavy atom. The second-order valence-corrected chi connectivity index (χ2v) is 6.99. The van der Waals surface area contributed by atoms with Crippen LogP contribution in [0.4, 0.5) is 4.79 Å². The van der Waals surface area contributed by atoms with Gasteiger partial charge in [-0.05, 0) is 47.5 Å². The van der Waals surface area contributed by atoms with E-state index < -0.39 is 5.24 Å². The quantitative estimate of drug-likeness (QED) is 0.236. The maximum absolute atomic E-state index is 12.5. The second kappa shape index (κ2) is 9.81. The number of hydrogen-bond donors (Lipinski definition) is 3. The highest BCUT2D eigenvalue weighted by Crippen LogP contribution is 2.29. The summed E-state index contributed by atoms with van der Waals surface area (Å²) in [4.78, 5) is 24.3. The van der Waals surface area contributed by atoms with E-state index in [2.05, 4.69) is 5.32 Å². The summed E-state index contributed by atoms with van der Waals surface area (Å²) in [6, 6.07) is 18.2. The number of fused-ring (bicyclic) bond motifs is 1. The summed E-state index contributed by atoms with van der Waals surface area (Å²) in [6.07, 6.45) is 0. The summed E-state index contributed by atoms with van der Waals surface area (Å²) in [6.45, 7) is 0.601. The Morgan fingerprint density at radius 1 is 1.03 bits per heavy atom. The molecule has 2 amide bonds. The lowest BCUT2D eigenvalue weighted by atomic mass is 10.0. The van der Waals surface area contributed by atoms with Gasteiger partial charge in [-0.3, -0.25) is 14.8 Å². The molecular formula is C21H20N2O5S. The predicted octanol–water partition coefficient (Wildman–Crippen LogP) is 3.85. The van der Waals surface area contributed by atoms with Crippen molar-refractivity contribution in [3.8, 4) is 11.5 Å². The Hall–Kier alpha value is -3.23. The zero-order valence-electron chi connectivity index (χ0n) is 15.7. The molecule has 7 nitrogen and oxygen atoms in total. The molecular weight excluding hydrogens is 392 g/mol. The molecule has 29 heavy (non-hydrogen) atoms. The van der Waals surface area contributed by atoms with Gasteiger partial charge in [0.15, 0.2) is 0 Å².